The number of carboxylic acid groups (broad SMARTS) is 1. The lowest BCUT2D eigenvalue weighted by Gasteiger charge is -2.11. The van der Waals surface area contributed by atoms with Crippen molar-refractivity contribution < 1.29 is 14.6 Å². The molecule has 7 heteroatoms. The normalized spacial score (nSPS) is 10.8. The van der Waals surface area contributed by atoms with Crippen molar-refractivity contribution in [3.05, 3.63) is 22.2 Å². The van der Waals surface area contributed by atoms with Crippen LogP contribution in [0.3, 0.4) is 0 Å². The molecule has 1 heterocycles. The van der Waals surface area contributed by atoms with Crippen molar-refractivity contribution in [1.29, 1.82) is 0 Å². The third-order valence-electron chi connectivity index (χ3n) is 2.31. The van der Waals surface area contributed by atoms with Crippen LogP contribution in [0.2, 0.25) is 0 Å². The molecule has 18 heavy (non-hydrogen) atoms. The van der Waals surface area contributed by atoms with Crippen LogP contribution >= 0.6 is 0 Å². The van der Waals surface area contributed by atoms with Gasteiger partial charge in [-0.15, -0.1) is 0 Å². The van der Waals surface area contributed by atoms with Crippen LogP contribution in [0.5, 0.6) is 0 Å². The largest absolute Gasteiger partial charge is 0.478 e. The highest BCUT2D eigenvalue weighted by Gasteiger charge is 2.13. The molecule has 0 aliphatic carbocycles. The second-order valence-electron chi connectivity index (χ2n) is 4.07. The van der Waals surface area contributed by atoms with Crippen LogP contribution in [0.4, 0.5) is 5.82 Å². The summed E-state index contributed by atoms with van der Waals surface area (Å²) in [6, 6.07) is 0. The first-order chi connectivity index (χ1) is 8.43. The van der Waals surface area contributed by atoms with Gasteiger partial charge in [-0.25, -0.2) is 14.6 Å². The minimum absolute atomic E-state index is 0.0768. The number of ether oxygens (including phenoxy) is 1. The van der Waals surface area contributed by atoms with Crippen LogP contribution in [0.1, 0.15) is 30.6 Å². The van der Waals surface area contributed by atoms with Crippen LogP contribution in [-0.4, -0.2) is 33.3 Å². The Hall–Kier alpha value is -1.89. The van der Waals surface area contributed by atoms with Gasteiger partial charge in [0.1, 0.15) is 11.4 Å². The maximum absolute atomic E-state index is 11.5. The molecule has 0 fully saturated rings. The van der Waals surface area contributed by atoms with Gasteiger partial charge in [-0.1, -0.05) is 0 Å². The van der Waals surface area contributed by atoms with Gasteiger partial charge in [-0.05, 0) is 20.3 Å². The van der Waals surface area contributed by atoms with E-state index >= 15 is 0 Å². The molecule has 1 aromatic heterocycles. The number of nitrogens with zero attached hydrogens (tertiary/aromatic N) is 2. The van der Waals surface area contributed by atoms with E-state index in [0.717, 1.165) is 10.8 Å². The fraction of sp³-hybridized carbons (Fsp3) is 0.545. The second kappa shape index (κ2) is 6.15. The molecule has 0 aliphatic rings. The van der Waals surface area contributed by atoms with Crippen molar-refractivity contribution in [1.82, 2.24) is 9.55 Å². The third kappa shape index (κ3) is 3.56. The molecule has 0 atom stereocenters. The molecule has 0 radical (unpaired) electrons. The number of nitrogens with two attached hydrogens (primary N) is 1. The highest BCUT2D eigenvalue weighted by atomic mass is 16.5. The lowest BCUT2D eigenvalue weighted by molar-refractivity contribution is 0.0696. The quantitative estimate of drug-likeness (QED) is 0.710. The first-order valence-electron chi connectivity index (χ1n) is 5.63. The Labute approximate surface area is 104 Å². The zero-order valence-electron chi connectivity index (χ0n) is 10.4. The second-order valence-corrected chi connectivity index (χ2v) is 4.07. The molecule has 0 bridgehead atoms. The molecule has 7 nitrogen and oxygen atoms in total. The molecule has 0 amide bonds. The first kappa shape index (κ1) is 14.2. The van der Waals surface area contributed by atoms with Crippen molar-refractivity contribution in [3.8, 4) is 0 Å². The van der Waals surface area contributed by atoms with Gasteiger partial charge >= 0.3 is 11.7 Å². The van der Waals surface area contributed by atoms with Gasteiger partial charge in [0.15, 0.2) is 0 Å². The Kier molecular flexibility index (Phi) is 4.85. The lowest BCUT2D eigenvalue weighted by Crippen LogP contribution is -2.28. The Bertz CT molecular complexity index is 482. The minimum atomic E-state index is -1.20. The molecule has 0 aromatic carbocycles. The Morgan fingerprint density at radius 3 is 2.83 bits per heavy atom. The van der Waals surface area contributed by atoms with Gasteiger partial charge in [-0.2, -0.15) is 0 Å². The summed E-state index contributed by atoms with van der Waals surface area (Å²) in [4.78, 5) is 25.8. The predicted molar refractivity (Wildman–Crippen MR) is 65.6 cm³/mol. The molecular weight excluding hydrogens is 238 g/mol. The van der Waals surface area contributed by atoms with Gasteiger partial charge in [0.05, 0.1) is 12.3 Å². The summed E-state index contributed by atoms with van der Waals surface area (Å²) in [6.07, 6.45) is 1.65. The standard InChI is InChI=1S/C11H17N3O4/c1-7(2)18-5-3-4-14-9(12)8(10(15)16)6-13-11(14)17/h6-7H,3-5,12H2,1-2H3,(H,15,16). The van der Waals surface area contributed by atoms with Crippen LogP contribution in [0.15, 0.2) is 11.0 Å². The van der Waals surface area contributed by atoms with E-state index in [0.29, 0.717) is 13.0 Å². The van der Waals surface area contributed by atoms with E-state index in [1.165, 1.54) is 0 Å². The average Bonchev–Trinajstić information content (AvgIpc) is 2.26. The SMILES string of the molecule is CC(C)OCCCn1c(N)c(C(=O)O)cnc1=O. The lowest BCUT2D eigenvalue weighted by atomic mass is 10.3. The monoisotopic (exact) mass is 255 g/mol. The number of aromatic nitrogens is 2. The first-order valence-corrected chi connectivity index (χ1v) is 5.63. The van der Waals surface area contributed by atoms with Gasteiger partial charge in [0, 0.05) is 13.2 Å². The molecular formula is C11H17N3O4. The zero-order valence-corrected chi connectivity index (χ0v) is 10.4. The van der Waals surface area contributed by atoms with Crippen LogP contribution in [-0.2, 0) is 11.3 Å². The van der Waals surface area contributed by atoms with E-state index in [4.69, 9.17) is 15.6 Å². The number of nitrogen functional groups attached to an aromatic ring is 1. The van der Waals surface area contributed by atoms with Crippen molar-refractivity contribution in [2.24, 2.45) is 0 Å². The molecule has 0 saturated heterocycles. The molecule has 3 N–H and O–H groups in total. The summed E-state index contributed by atoms with van der Waals surface area (Å²) in [7, 11) is 0. The van der Waals surface area contributed by atoms with Crippen molar-refractivity contribution in [3.63, 3.8) is 0 Å². The van der Waals surface area contributed by atoms with Crippen molar-refractivity contribution in [2.75, 3.05) is 12.3 Å². The summed E-state index contributed by atoms with van der Waals surface area (Å²) in [5.41, 5.74) is 4.91. The maximum Gasteiger partial charge on any atom is 0.349 e. The summed E-state index contributed by atoms with van der Waals surface area (Å²) in [5, 5.41) is 8.87. The van der Waals surface area contributed by atoms with E-state index in [2.05, 4.69) is 4.98 Å². The van der Waals surface area contributed by atoms with Crippen molar-refractivity contribution >= 4 is 11.8 Å². The fourth-order valence-electron chi connectivity index (χ4n) is 1.43. The Balaban J connectivity index is 2.79. The molecule has 0 spiro atoms. The molecule has 1 aromatic rings. The highest BCUT2D eigenvalue weighted by molar-refractivity contribution is 5.92. The highest BCUT2D eigenvalue weighted by Crippen LogP contribution is 2.08. The molecule has 0 saturated carbocycles. The summed E-state index contributed by atoms with van der Waals surface area (Å²) in [5.74, 6) is -1.28. The number of hydrogen-bond donors (Lipinski definition) is 2. The van der Waals surface area contributed by atoms with E-state index in [1.54, 1.807) is 0 Å². The Morgan fingerprint density at radius 2 is 2.28 bits per heavy atom. The average molecular weight is 255 g/mol. The number of anilines is 1. The molecule has 0 aliphatic heterocycles. The summed E-state index contributed by atoms with van der Waals surface area (Å²) < 4.78 is 6.47. The number of carboxylic acids is 1. The number of carbonyl (C=O) groups is 1. The van der Waals surface area contributed by atoms with E-state index in [-0.39, 0.29) is 24.0 Å². The molecule has 100 valence electrons. The van der Waals surface area contributed by atoms with Gasteiger partial charge in [0.25, 0.3) is 0 Å². The number of rotatable bonds is 6. The minimum Gasteiger partial charge on any atom is -0.478 e. The number of aromatic carboxylic acids is 1. The molecule has 0 unspecified atom stereocenters. The summed E-state index contributed by atoms with van der Waals surface area (Å²) >= 11 is 0. The van der Waals surface area contributed by atoms with E-state index in [1.807, 2.05) is 13.8 Å². The smallest absolute Gasteiger partial charge is 0.349 e. The zero-order chi connectivity index (χ0) is 13.7. The molecule has 1 rings (SSSR count). The van der Waals surface area contributed by atoms with Crippen LogP contribution in [0.25, 0.3) is 0 Å². The van der Waals surface area contributed by atoms with E-state index in [9.17, 15) is 9.59 Å². The predicted octanol–water partition coefficient (Wildman–Crippen LogP) is 0.339. The number of hydrogen-bond acceptors (Lipinski definition) is 5. The maximum atomic E-state index is 11.5. The van der Waals surface area contributed by atoms with Crippen molar-refractivity contribution in [2.45, 2.75) is 32.9 Å². The van der Waals surface area contributed by atoms with Gasteiger partial charge in [0.2, 0.25) is 0 Å². The van der Waals surface area contributed by atoms with E-state index < -0.39 is 11.7 Å². The summed E-state index contributed by atoms with van der Waals surface area (Å²) in [6.45, 7) is 4.58. The topological polar surface area (TPSA) is 107 Å². The van der Waals surface area contributed by atoms with Crippen LogP contribution in [0, 0.1) is 0 Å². The van der Waals surface area contributed by atoms with Crippen LogP contribution < -0.4 is 11.4 Å². The third-order valence-corrected chi connectivity index (χ3v) is 2.31. The fourth-order valence-corrected chi connectivity index (χ4v) is 1.43. The van der Waals surface area contributed by atoms with Gasteiger partial charge in [-0.3, -0.25) is 4.57 Å². The Morgan fingerprint density at radius 1 is 1.61 bits per heavy atom. The van der Waals surface area contributed by atoms with Gasteiger partial charge < -0.3 is 15.6 Å².